The van der Waals surface area contributed by atoms with Crippen LogP contribution in [0.2, 0.25) is 0 Å². The van der Waals surface area contributed by atoms with Gasteiger partial charge in [-0.25, -0.2) is 4.79 Å². The summed E-state index contributed by atoms with van der Waals surface area (Å²) in [6.45, 7) is 2.73. The molecule has 1 amide bonds. The van der Waals surface area contributed by atoms with Gasteiger partial charge in [-0.05, 0) is 12.1 Å². The Bertz CT molecular complexity index is 470. The van der Waals surface area contributed by atoms with E-state index in [4.69, 9.17) is 14.2 Å². The number of rotatable bonds is 3. The van der Waals surface area contributed by atoms with Gasteiger partial charge in [-0.15, -0.1) is 0 Å². The molecule has 110 valence electrons. The number of carbonyl (C=O) groups is 1. The SMILES string of the molecule is COC(=O)N1CCN(c2cc(OC)ccc2OC)CC1. The van der Waals surface area contributed by atoms with E-state index in [9.17, 15) is 4.79 Å². The Hall–Kier alpha value is -2.11. The van der Waals surface area contributed by atoms with Crippen molar-refractivity contribution in [2.24, 2.45) is 0 Å². The lowest BCUT2D eigenvalue weighted by Gasteiger charge is -2.35. The van der Waals surface area contributed by atoms with Crippen LogP contribution >= 0.6 is 0 Å². The van der Waals surface area contributed by atoms with Crippen molar-refractivity contribution < 1.29 is 19.0 Å². The fourth-order valence-electron chi connectivity index (χ4n) is 2.30. The van der Waals surface area contributed by atoms with E-state index in [0.717, 1.165) is 30.3 Å². The van der Waals surface area contributed by atoms with Crippen LogP contribution in [0.5, 0.6) is 11.5 Å². The highest BCUT2D eigenvalue weighted by Crippen LogP contribution is 2.32. The molecule has 2 rings (SSSR count). The summed E-state index contributed by atoms with van der Waals surface area (Å²) >= 11 is 0. The van der Waals surface area contributed by atoms with E-state index < -0.39 is 0 Å². The molecule has 0 spiro atoms. The highest BCUT2D eigenvalue weighted by molar-refractivity contribution is 5.68. The van der Waals surface area contributed by atoms with Gasteiger partial charge in [0.25, 0.3) is 0 Å². The van der Waals surface area contributed by atoms with Crippen molar-refractivity contribution in [2.75, 3.05) is 52.4 Å². The molecule has 0 aromatic heterocycles. The lowest BCUT2D eigenvalue weighted by molar-refractivity contribution is 0.121. The normalized spacial score (nSPS) is 14.9. The van der Waals surface area contributed by atoms with E-state index in [1.165, 1.54) is 7.11 Å². The minimum absolute atomic E-state index is 0.276. The molecule has 0 bridgehead atoms. The summed E-state index contributed by atoms with van der Waals surface area (Å²) in [5.74, 6) is 1.59. The smallest absolute Gasteiger partial charge is 0.409 e. The number of piperazine rings is 1. The molecule has 1 fully saturated rings. The first-order chi connectivity index (χ1) is 9.69. The summed E-state index contributed by atoms with van der Waals surface area (Å²) in [6, 6.07) is 5.71. The second-order valence-electron chi connectivity index (χ2n) is 4.48. The molecule has 20 heavy (non-hydrogen) atoms. The maximum absolute atomic E-state index is 11.5. The molecule has 1 saturated heterocycles. The predicted molar refractivity (Wildman–Crippen MR) is 75.7 cm³/mol. The molecule has 0 saturated carbocycles. The molecule has 6 nitrogen and oxygen atoms in total. The molecule has 1 aliphatic heterocycles. The topological polar surface area (TPSA) is 51.2 Å². The van der Waals surface area contributed by atoms with Crippen LogP contribution < -0.4 is 14.4 Å². The molecule has 6 heteroatoms. The standard InChI is InChI=1S/C14H20N2O4/c1-18-11-4-5-13(19-2)12(10-11)15-6-8-16(9-7-15)14(17)20-3/h4-5,10H,6-9H2,1-3H3. The number of amides is 1. The average molecular weight is 280 g/mol. The number of hydrogen-bond donors (Lipinski definition) is 0. The van der Waals surface area contributed by atoms with Crippen LogP contribution in [0.25, 0.3) is 0 Å². The molecule has 1 heterocycles. The number of methoxy groups -OCH3 is 3. The monoisotopic (exact) mass is 280 g/mol. The third-order valence-corrected chi connectivity index (χ3v) is 3.44. The number of nitrogens with zero attached hydrogens (tertiary/aromatic N) is 2. The molecular formula is C14H20N2O4. The van der Waals surface area contributed by atoms with Gasteiger partial charge >= 0.3 is 6.09 Å². The van der Waals surface area contributed by atoms with Gasteiger partial charge in [-0.2, -0.15) is 0 Å². The fraction of sp³-hybridized carbons (Fsp3) is 0.500. The van der Waals surface area contributed by atoms with Crippen LogP contribution in [0.1, 0.15) is 0 Å². The van der Waals surface area contributed by atoms with Gasteiger partial charge < -0.3 is 24.0 Å². The molecule has 1 aliphatic rings. The van der Waals surface area contributed by atoms with E-state index in [1.807, 2.05) is 18.2 Å². The third-order valence-electron chi connectivity index (χ3n) is 3.44. The van der Waals surface area contributed by atoms with Crippen molar-refractivity contribution in [1.82, 2.24) is 4.90 Å². The lowest BCUT2D eigenvalue weighted by atomic mass is 10.2. The Kier molecular flexibility index (Phi) is 4.55. The zero-order chi connectivity index (χ0) is 14.5. The van der Waals surface area contributed by atoms with E-state index >= 15 is 0 Å². The molecule has 0 radical (unpaired) electrons. The second-order valence-corrected chi connectivity index (χ2v) is 4.48. The van der Waals surface area contributed by atoms with Crippen molar-refractivity contribution in [3.8, 4) is 11.5 Å². The van der Waals surface area contributed by atoms with E-state index in [0.29, 0.717) is 13.1 Å². The van der Waals surface area contributed by atoms with Crippen molar-refractivity contribution in [1.29, 1.82) is 0 Å². The quantitative estimate of drug-likeness (QED) is 0.841. The summed E-state index contributed by atoms with van der Waals surface area (Å²) in [6.07, 6.45) is -0.276. The zero-order valence-corrected chi connectivity index (χ0v) is 12.1. The molecule has 0 unspecified atom stereocenters. The second kappa shape index (κ2) is 6.36. The number of ether oxygens (including phenoxy) is 3. The summed E-state index contributed by atoms with van der Waals surface area (Å²) in [4.78, 5) is 15.4. The van der Waals surface area contributed by atoms with E-state index in [-0.39, 0.29) is 6.09 Å². The van der Waals surface area contributed by atoms with Gasteiger partial charge in [-0.1, -0.05) is 0 Å². The molecular weight excluding hydrogens is 260 g/mol. The predicted octanol–water partition coefficient (Wildman–Crippen LogP) is 1.59. The Balaban J connectivity index is 2.11. The van der Waals surface area contributed by atoms with Crippen molar-refractivity contribution >= 4 is 11.8 Å². The summed E-state index contributed by atoms with van der Waals surface area (Å²) in [5, 5.41) is 0. The Morgan fingerprint density at radius 1 is 1.05 bits per heavy atom. The number of anilines is 1. The van der Waals surface area contributed by atoms with Crippen LogP contribution in [-0.2, 0) is 4.74 Å². The highest BCUT2D eigenvalue weighted by Gasteiger charge is 2.23. The average Bonchev–Trinajstić information content (AvgIpc) is 2.53. The summed E-state index contributed by atoms with van der Waals surface area (Å²) in [7, 11) is 4.69. The number of benzene rings is 1. The lowest BCUT2D eigenvalue weighted by Crippen LogP contribution is -2.48. The minimum atomic E-state index is -0.276. The van der Waals surface area contributed by atoms with Gasteiger partial charge in [0.05, 0.1) is 27.0 Å². The molecule has 0 N–H and O–H groups in total. The first-order valence-corrected chi connectivity index (χ1v) is 6.49. The Labute approximate surface area is 118 Å². The third kappa shape index (κ3) is 2.89. The largest absolute Gasteiger partial charge is 0.497 e. The van der Waals surface area contributed by atoms with Crippen molar-refractivity contribution in [2.45, 2.75) is 0 Å². The number of carbonyl (C=O) groups excluding carboxylic acids is 1. The number of hydrogen-bond acceptors (Lipinski definition) is 5. The van der Waals surface area contributed by atoms with Crippen LogP contribution in [0.15, 0.2) is 18.2 Å². The van der Waals surface area contributed by atoms with Crippen LogP contribution in [0, 0.1) is 0 Å². The Morgan fingerprint density at radius 3 is 2.30 bits per heavy atom. The first kappa shape index (κ1) is 14.3. The minimum Gasteiger partial charge on any atom is -0.497 e. The van der Waals surface area contributed by atoms with E-state index in [2.05, 4.69) is 4.90 Å². The maximum atomic E-state index is 11.5. The summed E-state index contributed by atoms with van der Waals surface area (Å²) < 4.78 is 15.4. The van der Waals surface area contributed by atoms with Crippen molar-refractivity contribution in [3.05, 3.63) is 18.2 Å². The van der Waals surface area contributed by atoms with Crippen LogP contribution in [0.4, 0.5) is 10.5 Å². The van der Waals surface area contributed by atoms with Gasteiger partial charge in [-0.3, -0.25) is 0 Å². The van der Waals surface area contributed by atoms with Crippen LogP contribution in [-0.4, -0.2) is 58.5 Å². The fourth-order valence-corrected chi connectivity index (χ4v) is 2.30. The van der Waals surface area contributed by atoms with Gasteiger partial charge in [0.15, 0.2) is 0 Å². The van der Waals surface area contributed by atoms with Gasteiger partial charge in [0, 0.05) is 32.2 Å². The molecule has 1 aromatic rings. The molecule has 0 aliphatic carbocycles. The van der Waals surface area contributed by atoms with Crippen molar-refractivity contribution in [3.63, 3.8) is 0 Å². The molecule has 1 aromatic carbocycles. The summed E-state index contributed by atoms with van der Waals surface area (Å²) in [5.41, 5.74) is 0.983. The Morgan fingerprint density at radius 2 is 1.75 bits per heavy atom. The molecule has 0 atom stereocenters. The van der Waals surface area contributed by atoms with Gasteiger partial charge in [0.2, 0.25) is 0 Å². The van der Waals surface area contributed by atoms with E-state index in [1.54, 1.807) is 19.1 Å². The zero-order valence-electron chi connectivity index (χ0n) is 12.1. The first-order valence-electron chi connectivity index (χ1n) is 6.49. The van der Waals surface area contributed by atoms with Crippen LogP contribution in [0.3, 0.4) is 0 Å². The highest BCUT2D eigenvalue weighted by atomic mass is 16.5. The maximum Gasteiger partial charge on any atom is 0.409 e. The van der Waals surface area contributed by atoms with Gasteiger partial charge in [0.1, 0.15) is 11.5 Å².